The predicted molar refractivity (Wildman–Crippen MR) is 101 cm³/mol. The van der Waals surface area contributed by atoms with Gasteiger partial charge in [0.2, 0.25) is 5.60 Å². The first kappa shape index (κ1) is 23.4. The van der Waals surface area contributed by atoms with Crippen LogP contribution in [0.1, 0.15) is 5.56 Å². The number of hydrogen-bond acceptors (Lipinski definition) is 6. The predicted octanol–water partition coefficient (Wildman–Crippen LogP) is 3.42. The summed E-state index contributed by atoms with van der Waals surface area (Å²) in [7, 11) is 1.26. The van der Waals surface area contributed by atoms with Crippen molar-refractivity contribution in [2.45, 2.75) is 17.8 Å². The molecule has 1 aliphatic rings. The SMILES string of the molecule is COC/C(=N\CC(=O)O)C1(Oc2ccc(C(F)(F)F)cc2Cl)C=CC=CC1[N+](=O)[O-]. The summed E-state index contributed by atoms with van der Waals surface area (Å²) in [6.07, 6.45) is 0.577. The van der Waals surface area contributed by atoms with E-state index in [0.29, 0.717) is 12.1 Å². The molecule has 2 unspecified atom stereocenters. The fraction of sp³-hybridized carbons (Fsp3) is 0.333. The van der Waals surface area contributed by atoms with Crippen molar-refractivity contribution in [3.63, 3.8) is 0 Å². The summed E-state index contributed by atoms with van der Waals surface area (Å²) in [5.74, 6) is -1.59. The van der Waals surface area contributed by atoms with Gasteiger partial charge in [0.05, 0.1) is 22.9 Å². The molecule has 0 aromatic heterocycles. The van der Waals surface area contributed by atoms with Crippen LogP contribution < -0.4 is 4.74 Å². The van der Waals surface area contributed by atoms with Crippen LogP contribution >= 0.6 is 11.6 Å². The van der Waals surface area contributed by atoms with Crippen molar-refractivity contribution in [3.05, 3.63) is 63.2 Å². The number of aliphatic imine (C=N–C) groups is 1. The van der Waals surface area contributed by atoms with E-state index in [9.17, 15) is 28.1 Å². The number of allylic oxidation sites excluding steroid dienone is 2. The average Bonchev–Trinajstić information content (AvgIpc) is 2.65. The zero-order chi connectivity index (χ0) is 22.5. The van der Waals surface area contributed by atoms with Gasteiger partial charge in [0, 0.05) is 12.0 Å². The molecular weight excluding hydrogens is 433 g/mol. The van der Waals surface area contributed by atoms with Crippen LogP contribution in [0.5, 0.6) is 5.75 Å². The molecule has 1 aliphatic carbocycles. The van der Waals surface area contributed by atoms with Gasteiger partial charge in [-0.25, -0.2) is 0 Å². The number of carbonyl (C=O) groups is 1. The Bertz CT molecular complexity index is 916. The highest BCUT2D eigenvalue weighted by molar-refractivity contribution is 6.32. The first-order chi connectivity index (χ1) is 14.0. The van der Waals surface area contributed by atoms with E-state index in [1.54, 1.807) is 0 Å². The zero-order valence-electron chi connectivity index (χ0n) is 15.4. The Labute approximate surface area is 173 Å². The summed E-state index contributed by atoms with van der Waals surface area (Å²) < 4.78 is 49.5. The molecule has 0 spiro atoms. The Morgan fingerprint density at radius 1 is 1.40 bits per heavy atom. The second-order valence-corrected chi connectivity index (χ2v) is 6.51. The maximum atomic E-state index is 12.9. The van der Waals surface area contributed by atoms with Gasteiger partial charge in [0.15, 0.2) is 0 Å². The molecule has 0 bridgehead atoms. The fourth-order valence-corrected chi connectivity index (χ4v) is 3.00. The minimum Gasteiger partial charge on any atom is -0.480 e. The van der Waals surface area contributed by atoms with Crippen LogP contribution in [0.15, 0.2) is 47.5 Å². The van der Waals surface area contributed by atoms with E-state index in [1.807, 2.05) is 0 Å². The van der Waals surface area contributed by atoms with Gasteiger partial charge in [0.1, 0.15) is 12.3 Å². The molecule has 1 aromatic rings. The van der Waals surface area contributed by atoms with Gasteiger partial charge in [-0.15, -0.1) is 0 Å². The smallest absolute Gasteiger partial charge is 0.416 e. The molecule has 8 nitrogen and oxygen atoms in total. The number of nitrogens with zero attached hydrogens (tertiary/aromatic N) is 2. The quantitative estimate of drug-likeness (QED) is 0.370. The number of halogens is 4. The Morgan fingerprint density at radius 3 is 2.63 bits per heavy atom. The van der Waals surface area contributed by atoms with Crippen LogP contribution in [0.25, 0.3) is 0 Å². The van der Waals surface area contributed by atoms with Gasteiger partial charge in [-0.05, 0) is 30.4 Å². The van der Waals surface area contributed by atoms with Crippen molar-refractivity contribution in [1.29, 1.82) is 0 Å². The van der Waals surface area contributed by atoms with Gasteiger partial charge in [-0.1, -0.05) is 23.8 Å². The van der Waals surface area contributed by atoms with Crippen molar-refractivity contribution in [3.8, 4) is 5.75 Å². The van der Waals surface area contributed by atoms with Crippen molar-refractivity contribution < 1.29 is 37.5 Å². The molecular formula is C18H16ClF3N2O6. The normalized spacial score (nSPS) is 21.5. The van der Waals surface area contributed by atoms with Crippen LogP contribution in [0, 0.1) is 10.1 Å². The largest absolute Gasteiger partial charge is 0.480 e. The highest BCUT2D eigenvalue weighted by atomic mass is 35.5. The van der Waals surface area contributed by atoms with E-state index < -0.39 is 45.8 Å². The van der Waals surface area contributed by atoms with E-state index in [4.69, 9.17) is 26.2 Å². The molecule has 0 heterocycles. The van der Waals surface area contributed by atoms with Crippen molar-refractivity contribution in [2.75, 3.05) is 20.3 Å². The number of alkyl halides is 3. The third kappa shape index (κ3) is 5.16. The third-order valence-electron chi connectivity index (χ3n) is 4.09. The van der Waals surface area contributed by atoms with E-state index in [1.165, 1.54) is 31.4 Å². The minimum absolute atomic E-state index is 0.148. The number of methoxy groups -OCH3 is 1. The van der Waals surface area contributed by atoms with Gasteiger partial charge < -0.3 is 14.6 Å². The number of carboxylic acids is 1. The molecule has 2 atom stereocenters. The van der Waals surface area contributed by atoms with E-state index in [2.05, 4.69) is 4.99 Å². The molecule has 1 N–H and O–H groups in total. The molecule has 12 heteroatoms. The standard InChI is InChI=1S/C18H16ClF3N2O6/c1-29-10-14(23-9-16(25)26)17(7-3-2-4-15(17)24(27)28)30-13-6-5-11(8-12(13)19)18(20,21)22/h2-8,15H,9-10H2,1H3,(H,25,26)/b23-14+. The summed E-state index contributed by atoms with van der Waals surface area (Å²) >= 11 is 5.95. The van der Waals surface area contributed by atoms with Gasteiger partial charge in [-0.3, -0.25) is 19.9 Å². The molecule has 0 saturated heterocycles. The Balaban J connectivity index is 2.61. The summed E-state index contributed by atoms with van der Waals surface area (Å²) in [4.78, 5) is 25.9. The number of rotatable bonds is 8. The molecule has 0 saturated carbocycles. The molecule has 1 aromatic carbocycles. The van der Waals surface area contributed by atoms with Crippen molar-refractivity contribution >= 4 is 23.3 Å². The van der Waals surface area contributed by atoms with Gasteiger partial charge in [-0.2, -0.15) is 13.2 Å². The van der Waals surface area contributed by atoms with Crippen LogP contribution in [0.3, 0.4) is 0 Å². The van der Waals surface area contributed by atoms with Crippen molar-refractivity contribution in [1.82, 2.24) is 0 Å². The molecule has 0 amide bonds. The number of aliphatic carboxylic acids is 1. The number of nitro groups is 1. The van der Waals surface area contributed by atoms with Crippen molar-refractivity contribution in [2.24, 2.45) is 4.99 Å². The third-order valence-corrected chi connectivity index (χ3v) is 4.39. The second kappa shape index (κ2) is 9.26. The number of ether oxygens (including phenoxy) is 2. The fourth-order valence-electron chi connectivity index (χ4n) is 2.78. The summed E-state index contributed by atoms with van der Waals surface area (Å²) in [5.41, 5.74) is -3.16. The molecule has 0 fully saturated rings. The topological polar surface area (TPSA) is 111 Å². The average molecular weight is 449 g/mol. The summed E-state index contributed by atoms with van der Waals surface area (Å²) in [5, 5.41) is 20.2. The van der Waals surface area contributed by atoms with E-state index in [0.717, 1.165) is 6.07 Å². The lowest BCUT2D eigenvalue weighted by Gasteiger charge is -2.35. The van der Waals surface area contributed by atoms with Crippen LogP contribution in [-0.2, 0) is 15.7 Å². The lowest BCUT2D eigenvalue weighted by molar-refractivity contribution is -0.522. The maximum absolute atomic E-state index is 12.9. The highest BCUT2D eigenvalue weighted by Gasteiger charge is 2.51. The van der Waals surface area contributed by atoms with E-state index >= 15 is 0 Å². The number of hydrogen-bond donors (Lipinski definition) is 1. The first-order valence-electron chi connectivity index (χ1n) is 8.31. The molecule has 0 aliphatic heterocycles. The van der Waals surface area contributed by atoms with Crippen LogP contribution in [0.4, 0.5) is 13.2 Å². The highest BCUT2D eigenvalue weighted by Crippen LogP contribution is 2.38. The minimum atomic E-state index is -4.65. The van der Waals surface area contributed by atoms with E-state index in [-0.39, 0.29) is 18.1 Å². The number of benzene rings is 1. The summed E-state index contributed by atoms with van der Waals surface area (Å²) in [6, 6.07) is 0.683. The molecule has 30 heavy (non-hydrogen) atoms. The monoisotopic (exact) mass is 448 g/mol. The Kier molecular flexibility index (Phi) is 7.21. The lowest BCUT2D eigenvalue weighted by Crippen LogP contribution is -2.57. The second-order valence-electron chi connectivity index (χ2n) is 6.10. The zero-order valence-corrected chi connectivity index (χ0v) is 16.2. The lowest BCUT2D eigenvalue weighted by atomic mass is 9.85. The molecule has 2 rings (SSSR count). The van der Waals surface area contributed by atoms with Crippen LogP contribution in [0.2, 0.25) is 5.02 Å². The molecule has 0 radical (unpaired) electrons. The van der Waals surface area contributed by atoms with Crippen LogP contribution in [-0.4, -0.2) is 53.6 Å². The Morgan fingerprint density at radius 2 is 2.10 bits per heavy atom. The summed E-state index contributed by atoms with van der Waals surface area (Å²) in [6.45, 7) is -1.07. The first-order valence-corrected chi connectivity index (χ1v) is 8.69. The van der Waals surface area contributed by atoms with Gasteiger partial charge in [0.25, 0.3) is 6.04 Å². The number of carboxylic acid groups (broad SMARTS) is 1. The maximum Gasteiger partial charge on any atom is 0.416 e. The van der Waals surface area contributed by atoms with Gasteiger partial charge >= 0.3 is 12.1 Å². The Hall–Kier alpha value is -2.92. The molecule has 162 valence electrons.